The smallest absolute Gasteiger partial charge is 0.122 e. The number of aliphatic hydroxyl groups is 2. The highest BCUT2D eigenvalue weighted by Gasteiger charge is 2.22. The maximum atomic E-state index is 9.61. The van der Waals surface area contributed by atoms with E-state index in [0.717, 1.165) is 0 Å². The van der Waals surface area contributed by atoms with Crippen molar-refractivity contribution >= 4 is 24.2 Å². The minimum atomic E-state index is -1.22. The first kappa shape index (κ1) is 11.7. The summed E-state index contributed by atoms with van der Waals surface area (Å²) in [5.41, 5.74) is 0.135. The summed E-state index contributed by atoms with van der Waals surface area (Å²) in [6, 6.07) is 4.49. The maximum absolute atomic E-state index is 9.61. The Kier molecular flexibility index (Phi) is 4.07. The first-order valence-electron chi connectivity index (χ1n) is 4.02. The summed E-state index contributed by atoms with van der Waals surface area (Å²) in [7, 11) is 0. The average molecular weight is 235 g/mol. The van der Waals surface area contributed by atoms with Gasteiger partial charge in [0.15, 0.2) is 0 Å². The lowest BCUT2D eigenvalue weighted by Crippen LogP contribution is -2.20. The fourth-order valence-corrected chi connectivity index (χ4v) is 1.59. The number of hydrogen-bond acceptors (Lipinski definition) is 4. The van der Waals surface area contributed by atoms with Gasteiger partial charge in [0.2, 0.25) is 0 Å². The van der Waals surface area contributed by atoms with Gasteiger partial charge in [-0.05, 0) is 12.1 Å². The highest BCUT2D eigenvalue weighted by atomic mass is 35.5. The molecule has 1 aromatic rings. The molecule has 0 fully saturated rings. The molecule has 1 aromatic carbocycles. The second-order valence-corrected chi connectivity index (χ2v) is 3.64. The Bertz CT molecular complexity index is 299. The van der Waals surface area contributed by atoms with Crippen molar-refractivity contribution in [2.75, 3.05) is 5.75 Å². The number of aliphatic hydroxyl groups excluding tert-OH is 2. The lowest BCUT2D eigenvalue weighted by molar-refractivity contribution is 0.0323. The van der Waals surface area contributed by atoms with Crippen molar-refractivity contribution in [1.29, 1.82) is 0 Å². The van der Waals surface area contributed by atoms with Gasteiger partial charge in [-0.3, -0.25) is 0 Å². The predicted molar refractivity (Wildman–Crippen MR) is 57.9 cm³/mol. The topological polar surface area (TPSA) is 60.7 Å². The normalized spacial score (nSPS) is 15.1. The number of aromatic hydroxyl groups is 1. The van der Waals surface area contributed by atoms with Gasteiger partial charge >= 0.3 is 0 Å². The third kappa shape index (κ3) is 2.33. The molecule has 0 aliphatic carbocycles. The Morgan fingerprint density at radius 1 is 1.36 bits per heavy atom. The van der Waals surface area contributed by atoms with E-state index < -0.39 is 12.2 Å². The zero-order valence-electron chi connectivity index (χ0n) is 7.26. The van der Waals surface area contributed by atoms with E-state index in [1.807, 2.05) is 0 Å². The van der Waals surface area contributed by atoms with Gasteiger partial charge in [0.25, 0.3) is 0 Å². The molecular weight excluding hydrogens is 224 g/mol. The van der Waals surface area contributed by atoms with Crippen molar-refractivity contribution in [3.8, 4) is 5.75 Å². The molecule has 5 heteroatoms. The van der Waals surface area contributed by atoms with E-state index in [0.29, 0.717) is 0 Å². The molecule has 78 valence electrons. The summed E-state index contributed by atoms with van der Waals surface area (Å²) in [6.45, 7) is 0. The van der Waals surface area contributed by atoms with Gasteiger partial charge in [-0.2, -0.15) is 12.6 Å². The molecule has 0 bridgehead atoms. The molecule has 14 heavy (non-hydrogen) atoms. The van der Waals surface area contributed by atoms with Gasteiger partial charge in [-0.15, -0.1) is 0 Å². The number of phenols is 1. The highest BCUT2D eigenvalue weighted by molar-refractivity contribution is 7.80. The van der Waals surface area contributed by atoms with E-state index in [9.17, 15) is 15.3 Å². The summed E-state index contributed by atoms with van der Waals surface area (Å²) in [5, 5.41) is 28.6. The molecule has 0 amide bonds. The van der Waals surface area contributed by atoms with Crippen LogP contribution in [0.3, 0.4) is 0 Å². The average Bonchev–Trinajstić information content (AvgIpc) is 2.16. The van der Waals surface area contributed by atoms with Crippen molar-refractivity contribution in [2.24, 2.45) is 0 Å². The quantitative estimate of drug-likeness (QED) is 0.598. The highest BCUT2D eigenvalue weighted by Crippen LogP contribution is 2.33. The number of benzene rings is 1. The largest absolute Gasteiger partial charge is 0.508 e. The van der Waals surface area contributed by atoms with Gasteiger partial charge in [0.1, 0.15) is 11.9 Å². The first-order chi connectivity index (χ1) is 6.57. The van der Waals surface area contributed by atoms with Crippen molar-refractivity contribution in [3.05, 3.63) is 28.8 Å². The van der Waals surface area contributed by atoms with Gasteiger partial charge in [-0.1, -0.05) is 17.7 Å². The van der Waals surface area contributed by atoms with Crippen molar-refractivity contribution in [1.82, 2.24) is 0 Å². The van der Waals surface area contributed by atoms with Gasteiger partial charge in [0.05, 0.1) is 11.1 Å². The zero-order valence-corrected chi connectivity index (χ0v) is 8.91. The van der Waals surface area contributed by atoms with Crippen LogP contribution in [0.2, 0.25) is 5.02 Å². The Hall–Kier alpha value is -0.420. The summed E-state index contributed by atoms with van der Waals surface area (Å²) in [6.07, 6.45) is -2.27. The van der Waals surface area contributed by atoms with Crippen LogP contribution in [0.4, 0.5) is 0 Å². The Balaban J connectivity index is 3.05. The third-order valence-electron chi connectivity index (χ3n) is 1.88. The van der Waals surface area contributed by atoms with Crippen LogP contribution in [0.5, 0.6) is 5.75 Å². The Labute approximate surface area is 92.4 Å². The third-order valence-corrected chi connectivity index (χ3v) is 2.58. The van der Waals surface area contributed by atoms with Crippen LogP contribution in [0, 0.1) is 0 Å². The first-order valence-corrected chi connectivity index (χ1v) is 5.03. The summed E-state index contributed by atoms with van der Waals surface area (Å²) in [4.78, 5) is 0. The van der Waals surface area contributed by atoms with Crippen LogP contribution < -0.4 is 0 Å². The lowest BCUT2D eigenvalue weighted by Gasteiger charge is -2.18. The van der Waals surface area contributed by atoms with E-state index in [1.165, 1.54) is 12.1 Å². The lowest BCUT2D eigenvalue weighted by atomic mass is 10.0. The molecule has 1 rings (SSSR count). The zero-order chi connectivity index (χ0) is 10.7. The second-order valence-electron chi connectivity index (χ2n) is 2.87. The molecule has 0 aliphatic rings. The summed E-state index contributed by atoms with van der Waals surface area (Å²) >= 11 is 9.61. The molecule has 0 saturated heterocycles. The molecule has 0 saturated carbocycles. The van der Waals surface area contributed by atoms with E-state index in [4.69, 9.17) is 11.6 Å². The second kappa shape index (κ2) is 4.89. The van der Waals surface area contributed by atoms with E-state index in [2.05, 4.69) is 12.6 Å². The molecule has 2 atom stereocenters. The number of hydrogen-bond donors (Lipinski definition) is 4. The minimum Gasteiger partial charge on any atom is -0.508 e. The molecule has 0 aliphatic heterocycles. The summed E-state index contributed by atoms with van der Waals surface area (Å²) < 4.78 is 0. The van der Waals surface area contributed by atoms with E-state index in [-0.39, 0.29) is 22.1 Å². The molecule has 3 N–H and O–H groups in total. The Morgan fingerprint density at radius 2 is 2.00 bits per heavy atom. The van der Waals surface area contributed by atoms with Crippen molar-refractivity contribution in [3.63, 3.8) is 0 Å². The van der Waals surface area contributed by atoms with E-state index >= 15 is 0 Å². The van der Waals surface area contributed by atoms with Crippen molar-refractivity contribution in [2.45, 2.75) is 12.2 Å². The fourth-order valence-electron chi connectivity index (χ4n) is 1.11. The van der Waals surface area contributed by atoms with Gasteiger partial charge in [0, 0.05) is 11.3 Å². The molecule has 0 spiro atoms. The molecule has 0 radical (unpaired) electrons. The SMILES string of the molecule is Oc1cccc(Cl)c1C(O)C(O)CS. The van der Waals surface area contributed by atoms with Crippen LogP contribution in [-0.4, -0.2) is 27.2 Å². The van der Waals surface area contributed by atoms with Gasteiger partial charge in [-0.25, -0.2) is 0 Å². The number of halogens is 1. The number of phenolic OH excluding ortho intramolecular Hbond substituents is 1. The number of rotatable bonds is 3. The van der Waals surface area contributed by atoms with Crippen LogP contribution >= 0.6 is 24.2 Å². The minimum absolute atomic E-state index is 0.0891. The fraction of sp³-hybridized carbons (Fsp3) is 0.333. The monoisotopic (exact) mass is 234 g/mol. The standard InChI is InChI=1S/C9H11ClO3S/c10-5-2-1-3-6(11)8(5)9(13)7(12)4-14/h1-3,7,9,11-14H,4H2. The van der Waals surface area contributed by atoms with Crippen LogP contribution in [0.15, 0.2) is 18.2 Å². The van der Waals surface area contributed by atoms with E-state index in [1.54, 1.807) is 6.07 Å². The van der Waals surface area contributed by atoms with Crippen LogP contribution in [-0.2, 0) is 0 Å². The van der Waals surface area contributed by atoms with Gasteiger partial charge < -0.3 is 15.3 Å². The maximum Gasteiger partial charge on any atom is 0.122 e. The van der Waals surface area contributed by atoms with Crippen LogP contribution in [0.25, 0.3) is 0 Å². The summed E-state index contributed by atoms with van der Waals surface area (Å²) in [5.74, 6) is -0.0444. The predicted octanol–water partition coefficient (Wildman–Crippen LogP) is 1.37. The molecule has 3 nitrogen and oxygen atoms in total. The molecule has 0 heterocycles. The number of thiol groups is 1. The Morgan fingerprint density at radius 3 is 2.50 bits per heavy atom. The molecule has 2 unspecified atom stereocenters. The van der Waals surface area contributed by atoms with Crippen LogP contribution in [0.1, 0.15) is 11.7 Å². The van der Waals surface area contributed by atoms with Crippen molar-refractivity contribution < 1.29 is 15.3 Å². The molecular formula is C9H11ClO3S. The molecule has 0 aromatic heterocycles.